The number of rotatable bonds is 12. The molecule has 0 heterocycles. The summed E-state index contributed by atoms with van der Waals surface area (Å²) in [5, 5.41) is 14.1. The van der Waals surface area contributed by atoms with E-state index in [0.717, 1.165) is 24.5 Å². The summed E-state index contributed by atoms with van der Waals surface area (Å²) in [7, 11) is 0. The number of aliphatic hydroxyl groups is 1. The van der Waals surface area contributed by atoms with Crippen molar-refractivity contribution in [1.82, 2.24) is 10.6 Å². The molecule has 0 saturated heterocycles. The lowest BCUT2D eigenvalue weighted by Gasteiger charge is -2.19. The predicted octanol–water partition coefficient (Wildman–Crippen LogP) is 3.21. The predicted molar refractivity (Wildman–Crippen MR) is 117 cm³/mol. The van der Waals surface area contributed by atoms with E-state index >= 15 is 0 Å². The van der Waals surface area contributed by atoms with Gasteiger partial charge in [0, 0.05) is 18.5 Å². The van der Waals surface area contributed by atoms with Gasteiger partial charge in [-0.05, 0) is 54.3 Å². The average molecular weight is 480 g/mol. The Morgan fingerprint density at radius 1 is 1.03 bits per heavy atom. The molecule has 1 aliphatic carbocycles. The maximum absolute atomic E-state index is 12.7. The lowest BCUT2D eigenvalue weighted by Crippen LogP contribution is -2.48. The highest BCUT2D eigenvalue weighted by Crippen LogP contribution is 2.32. The third kappa shape index (κ3) is 8.58. The molecular formula is C24H27F3N2O5. The van der Waals surface area contributed by atoms with Crippen LogP contribution in [-0.2, 0) is 11.2 Å². The maximum Gasteiger partial charge on any atom is 0.573 e. The summed E-state index contributed by atoms with van der Waals surface area (Å²) < 4.78 is 46.6. The highest BCUT2D eigenvalue weighted by molar-refractivity contribution is 5.97. The largest absolute Gasteiger partial charge is 0.573 e. The van der Waals surface area contributed by atoms with Crippen LogP contribution < -0.4 is 20.1 Å². The molecular weight excluding hydrogens is 453 g/mol. The summed E-state index contributed by atoms with van der Waals surface area (Å²) >= 11 is 0. The number of carbonyl (C=O) groups is 2. The van der Waals surface area contributed by atoms with Gasteiger partial charge < -0.3 is 25.2 Å². The van der Waals surface area contributed by atoms with Crippen molar-refractivity contribution in [1.29, 1.82) is 0 Å². The number of carbonyl (C=O) groups excluding carboxylic acids is 2. The normalized spacial score (nSPS) is 14.2. The summed E-state index contributed by atoms with van der Waals surface area (Å²) in [6.07, 6.45) is -1.27. The highest BCUT2D eigenvalue weighted by atomic mass is 19.4. The van der Waals surface area contributed by atoms with Crippen LogP contribution in [0.3, 0.4) is 0 Å². The van der Waals surface area contributed by atoms with E-state index in [9.17, 15) is 22.8 Å². The molecule has 0 spiro atoms. The van der Waals surface area contributed by atoms with Crippen LogP contribution in [0.4, 0.5) is 13.2 Å². The van der Waals surface area contributed by atoms with Gasteiger partial charge in [-0.1, -0.05) is 25.0 Å². The van der Waals surface area contributed by atoms with Gasteiger partial charge in [0.1, 0.15) is 17.5 Å². The van der Waals surface area contributed by atoms with Gasteiger partial charge >= 0.3 is 6.36 Å². The van der Waals surface area contributed by atoms with Crippen molar-refractivity contribution < 1.29 is 37.3 Å². The van der Waals surface area contributed by atoms with Gasteiger partial charge in [-0.3, -0.25) is 9.59 Å². The summed E-state index contributed by atoms with van der Waals surface area (Å²) in [6, 6.07) is 10.6. The van der Waals surface area contributed by atoms with Crippen molar-refractivity contribution in [3.8, 4) is 11.5 Å². The van der Waals surface area contributed by atoms with Gasteiger partial charge in [0.2, 0.25) is 5.91 Å². The lowest BCUT2D eigenvalue weighted by atomic mass is 10.0. The molecule has 2 aromatic rings. The fourth-order valence-corrected chi connectivity index (χ4v) is 3.27. The molecule has 2 amide bonds. The zero-order chi connectivity index (χ0) is 24.6. The SMILES string of the molecule is O=C(NC(Cc1ccc(OC(F)(F)F)cc1)C(=O)NCCO)c1ccc(OCCC2CC2)cc1. The van der Waals surface area contributed by atoms with Gasteiger partial charge in [0.25, 0.3) is 5.91 Å². The number of amides is 2. The smallest absolute Gasteiger partial charge is 0.494 e. The first-order valence-corrected chi connectivity index (χ1v) is 11.0. The average Bonchev–Trinajstić information content (AvgIpc) is 3.62. The van der Waals surface area contributed by atoms with Gasteiger partial charge in [-0.25, -0.2) is 0 Å². The lowest BCUT2D eigenvalue weighted by molar-refractivity contribution is -0.274. The molecule has 1 atom stereocenters. The zero-order valence-electron chi connectivity index (χ0n) is 18.4. The van der Waals surface area contributed by atoms with Crippen molar-refractivity contribution in [2.24, 2.45) is 5.92 Å². The molecule has 1 fully saturated rings. The molecule has 184 valence electrons. The molecule has 3 rings (SSSR count). The molecule has 0 radical (unpaired) electrons. The third-order valence-electron chi connectivity index (χ3n) is 5.24. The van der Waals surface area contributed by atoms with E-state index in [0.29, 0.717) is 23.5 Å². The van der Waals surface area contributed by atoms with Crippen LogP contribution in [0.5, 0.6) is 11.5 Å². The van der Waals surface area contributed by atoms with Gasteiger partial charge in [0.05, 0.1) is 13.2 Å². The van der Waals surface area contributed by atoms with Crippen molar-refractivity contribution in [2.45, 2.75) is 38.1 Å². The molecule has 10 heteroatoms. The number of nitrogens with one attached hydrogen (secondary N) is 2. The molecule has 1 aliphatic rings. The van der Waals surface area contributed by atoms with Crippen molar-refractivity contribution in [2.75, 3.05) is 19.8 Å². The fraction of sp³-hybridized carbons (Fsp3) is 0.417. The number of alkyl halides is 3. The second kappa shape index (κ2) is 11.7. The minimum atomic E-state index is -4.81. The molecule has 34 heavy (non-hydrogen) atoms. The zero-order valence-corrected chi connectivity index (χ0v) is 18.4. The standard InChI is InChI=1S/C24H27F3N2O5/c25-24(26,27)34-20-7-3-17(4-8-20)15-21(23(32)28-12-13-30)29-22(31)18-5-9-19(10-6-18)33-14-11-16-1-2-16/h3-10,16,21,30H,1-2,11-15H2,(H,28,32)(H,29,31). The minimum absolute atomic E-state index is 0.00351. The molecule has 1 saturated carbocycles. The quantitative estimate of drug-likeness (QED) is 0.434. The Bertz CT molecular complexity index is 945. The Hall–Kier alpha value is -3.27. The summed E-state index contributed by atoms with van der Waals surface area (Å²) in [5.41, 5.74) is 0.835. The number of ether oxygens (including phenoxy) is 2. The van der Waals surface area contributed by atoms with Gasteiger partial charge in [-0.2, -0.15) is 0 Å². The van der Waals surface area contributed by atoms with E-state index in [4.69, 9.17) is 9.84 Å². The topological polar surface area (TPSA) is 96.9 Å². The summed E-state index contributed by atoms with van der Waals surface area (Å²) in [5.74, 6) is -0.00676. The van der Waals surface area contributed by atoms with Crippen molar-refractivity contribution in [3.05, 3.63) is 59.7 Å². The molecule has 0 aliphatic heterocycles. The molecule has 3 N–H and O–H groups in total. The Balaban J connectivity index is 1.61. The van der Waals surface area contributed by atoms with Crippen LogP contribution in [-0.4, -0.2) is 49.1 Å². The molecule has 0 aromatic heterocycles. The third-order valence-corrected chi connectivity index (χ3v) is 5.24. The Labute approximate surface area is 195 Å². The molecule has 2 aromatic carbocycles. The van der Waals surface area contributed by atoms with E-state index in [2.05, 4.69) is 15.4 Å². The molecule has 0 bridgehead atoms. The first-order valence-electron chi connectivity index (χ1n) is 11.0. The number of halogens is 3. The van der Waals surface area contributed by atoms with E-state index in [1.807, 2.05) is 0 Å². The first-order chi connectivity index (χ1) is 16.2. The maximum atomic E-state index is 12.7. The Morgan fingerprint density at radius 3 is 2.26 bits per heavy atom. The molecule has 7 nitrogen and oxygen atoms in total. The van der Waals surface area contributed by atoms with E-state index in [1.54, 1.807) is 24.3 Å². The van der Waals surface area contributed by atoms with Crippen LogP contribution in [0.1, 0.15) is 35.2 Å². The van der Waals surface area contributed by atoms with Crippen LogP contribution in [0.2, 0.25) is 0 Å². The second-order valence-corrected chi connectivity index (χ2v) is 8.04. The summed E-state index contributed by atoms with van der Waals surface area (Å²) in [6.45, 7) is 0.338. The van der Waals surface area contributed by atoms with Gasteiger partial charge in [0.15, 0.2) is 0 Å². The Kier molecular flexibility index (Phi) is 8.75. The number of hydrogen-bond donors (Lipinski definition) is 3. The van der Waals surface area contributed by atoms with E-state index < -0.39 is 24.2 Å². The number of aliphatic hydroxyl groups excluding tert-OH is 1. The van der Waals surface area contributed by atoms with Crippen LogP contribution in [0.15, 0.2) is 48.5 Å². The summed E-state index contributed by atoms with van der Waals surface area (Å²) in [4.78, 5) is 25.3. The van der Waals surface area contributed by atoms with Gasteiger partial charge in [-0.15, -0.1) is 13.2 Å². The van der Waals surface area contributed by atoms with Crippen LogP contribution in [0.25, 0.3) is 0 Å². The molecule has 1 unspecified atom stereocenters. The minimum Gasteiger partial charge on any atom is -0.494 e. The van der Waals surface area contributed by atoms with Crippen molar-refractivity contribution in [3.63, 3.8) is 0 Å². The van der Waals surface area contributed by atoms with E-state index in [1.165, 1.54) is 25.0 Å². The highest BCUT2D eigenvalue weighted by Gasteiger charge is 2.31. The number of hydrogen-bond acceptors (Lipinski definition) is 5. The second-order valence-electron chi connectivity index (χ2n) is 8.04. The van der Waals surface area contributed by atoms with E-state index in [-0.39, 0.29) is 25.3 Å². The van der Waals surface area contributed by atoms with Crippen molar-refractivity contribution >= 4 is 11.8 Å². The first kappa shape index (κ1) is 25.4. The van der Waals surface area contributed by atoms with Crippen LogP contribution >= 0.6 is 0 Å². The fourth-order valence-electron chi connectivity index (χ4n) is 3.27. The monoisotopic (exact) mass is 480 g/mol. The number of benzene rings is 2. The Morgan fingerprint density at radius 2 is 1.68 bits per heavy atom. The van der Waals surface area contributed by atoms with Crippen LogP contribution in [0, 0.1) is 5.92 Å².